The molecule has 1 aromatic heterocycles. The number of fused-ring (bicyclic) bond motifs is 1. The van der Waals surface area contributed by atoms with Crippen LogP contribution < -0.4 is 16.6 Å². The largest absolute Gasteiger partial charge is 0.326 e. The number of hydrazine groups is 1. The van der Waals surface area contributed by atoms with E-state index in [9.17, 15) is 4.79 Å². The van der Waals surface area contributed by atoms with Gasteiger partial charge in [0.1, 0.15) is 0 Å². The minimum atomic E-state index is -0.0535. The van der Waals surface area contributed by atoms with E-state index in [0.717, 1.165) is 20.4 Å². The van der Waals surface area contributed by atoms with Crippen LogP contribution in [0.25, 0.3) is 10.2 Å². The number of benzene rings is 1. The van der Waals surface area contributed by atoms with Crippen LogP contribution in [0.1, 0.15) is 13.8 Å². The number of halogens is 1. The predicted octanol–water partition coefficient (Wildman–Crippen LogP) is 2.94. The Labute approximate surface area is 117 Å². The zero-order valence-electron chi connectivity index (χ0n) is 9.95. The SMILES string of the molecule is CC(C)C(=O)Nc1cc(Br)c2nc(NN)sc2c1. The molecule has 0 aliphatic carbocycles. The van der Waals surface area contributed by atoms with Crippen LogP contribution in [0.15, 0.2) is 16.6 Å². The average molecular weight is 329 g/mol. The lowest BCUT2D eigenvalue weighted by Crippen LogP contribution is -2.17. The van der Waals surface area contributed by atoms with Gasteiger partial charge in [0.2, 0.25) is 5.91 Å². The lowest BCUT2D eigenvalue weighted by molar-refractivity contribution is -0.118. The summed E-state index contributed by atoms with van der Waals surface area (Å²) in [4.78, 5) is 16.0. The van der Waals surface area contributed by atoms with E-state index in [1.807, 2.05) is 26.0 Å². The number of amides is 1. The zero-order chi connectivity index (χ0) is 13.3. The number of hydrogen-bond acceptors (Lipinski definition) is 5. The van der Waals surface area contributed by atoms with Crippen LogP contribution in [-0.2, 0) is 4.79 Å². The van der Waals surface area contributed by atoms with Crippen LogP contribution in [0.3, 0.4) is 0 Å². The van der Waals surface area contributed by atoms with Gasteiger partial charge in [-0.25, -0.2) is 10.8 Å². The maximum Gasteiger partial charge on any atom is 0.226 e. The standard InChI is InChI=1S/C11H13BrN4OS/c1-5(2)10(17)14-6-3-7(12)9-8(4-6)18-11(15-9)16-13/h3-5H,13H2,1-2H3,(H,14,17)(H,15,16). The van der Waals surface area contributed by atoms with Crippen molar-refractivity contribution in [2.75, 3.05) is 10.7 Å². The van der Waals surface area contributed by atoms with Crippen molar-refractivity contribution in [3.05, 3.63) is 16.6 Å². The van der Waals surface area contributed by atoms with Crippen molar-refractivity contribution in [3.63, 3.8) is 0 Å². The van der Waals surface area contributed by atoms with Gasteiger partial charge in [-0.2, -0.15) is 0 Å². The first-order valence-corrected chi connectivity index (χ1v) is 6.99. The summed E-state index contributed by atoms with van der Waals surface area (Å²) in [6.07, 6.45) is 0. The Morgan fingerprint density at radius 3 is 2.83 bits per heavy atom. The van der Waals surface area contributed by atoms with E-state index < -0.39 is 0 Å². The summed E-state index contributed by atoms with van der Waals surface area (Å²) < 4.78 is 1.79. The third kappa shape index (κ3) is 2.63. The number of aromatic nitrogens is 1. The van der Waals surface area contributed by atoms with Gasteiger partial charge in [-0.1, -0.05) is 25.2 Å². The molecule has 0 aliphatic rings. The highest BCUT2D eigenvalue weighted by atomic mass is 79.9. The fourth-order valence-corrected chi connectivity index (χ4v) is 2.93. The van der Waals surface area contributed by atoms with Crippen LogP contribution in [0.5, 0.6) is 0 Å². The molecule has 0 saturated heterocycles. The molecule has 0 unspecified atom stereocenters. The van der Waals surface area contributed by atoms with Crippen molar-refractivity contribution in [1.29, 1.82) is 0 Å². The number of anilines is 2. The van der Waals surface area contributed by atoms with Gasteiger partial charge in [-0.05, 0) is 28.1 Å². The van der Waals surface area contributed by atoms with Crippen molar-refractivity contribution < 1.29 is 4.79 Å². The van der Waals surface area contributed by atoms with E-state index >= 15 is 0 Å². The summed E-state index contributed by atoms with van der Waals surface area (Å²) in [5, 5.41) is 3.50. The van der Waals surface area contributed by atoms with Crippen molar-refractivity contribution in [1.82, 2.24) is 4.98 Å². The minimum Gasteiger partial charge on any atom is -0.326 e. The number of carbonyl (C=O) groups is 1. The summed E-state index contributed by atoms with van der Waals surface area (Å²) in [5.74, 6) is 5.27. The quantitative estimate of drug-likeness (QED) is 0.597. The summed E-state index contributed by atoms with van der Waals surface area (Å²) in [6, 6.07) is 3.72. The van der Waals surface area contributed by atoms with E-state index in [4.69, 9.17) is 5.84 Å². The molecular weight excluding hydrogens is 316 g/mol. The molecule has 5 nitrogen and oxygen atoms in total. The average Bonchev–Trinajstić information content (AvgIpc) is 2.72. The lowest BCUT2D eigenvalue weighted by Gasteiger charge is -2.08. The molecular formula is C11H13BrN4OS. The third-order valence-electron chi connectivity index (χ3n) is 2.36. The van der Waals surface area contributed by atoms with E-state index in [2.05, 4.69) is 31.7 Å². The number of thiazole rings is 1. The van der Waals surface area contributed by atoms with Crippen LogP contribution >= 0.6 is 27.3 Å². The molecule has 2 rings (SSSR count). The molecule has 0 radical (unpaired) electrons. The summed E-state index contributed by atoms with van der Waals surface area (Å²) in [6.45, 7) is 3.71. The number of hydrogen-bond donors (Lipinski definition) is 3. The molecule has 0 aliphatic heterocycles. The molecule has 96 valence electrons. The van der Waals surface area contributed by atoms with Crippen molar-refractivity contribution in [2.24, 2.45) is 11.8 Å². The Balaban J connectivity index is 2.39. The molecule has 0 bridgehead atoms. The number of nitrogen functional groups attached to an aromatic ring is 1. The predicted molar refractivity (Wildman–Crippen MR) is 78.6 cm³/mol. The third-order valence-corrected chi connectivity index (χ3v) is 3.90. The van der Waals surface area contributed by atoms with Crippen LogP contribution in [0.2, 0.25) is 0 Å². The van der Waals surface area contributed by atoms with E-state index in [1.165, 1.54) is 11.3 Å². The second-order valence-corrected chi connectivity index (χ2v) is 6.00. The summed E-state index contributed by atoms with van der Waals surface area (Å²) >= 11 is 4.87. The Hall–Kier alpha value is -1.18. The zero-order valence-corrected chi connectivity index (χ0v) is 12.4. The fourth-order valence-electron chi connectivity index (χ4n) is 1.41. The number of rotatable bonds is 3. The van der Waals surface area contributed by atoms with Gasteiger partial charge >= 0.3 is 0 Å². The smallest absolute Gasteiger partial charge is 0.226 e. The molecule has 18 heavy (non-hydrogen) atoms. The van der Waals surface area contributed by atoms with Crippen molar-refractivity contribution in [2.45, 2.75) is 13.8 Å². The molecule has 0 spiro atoms. The maximum absolute atomic E-state index is 11.7. The normalized spacial score (nSPS) is 10.9. The van der Waals surface area contributed by atoms with Gasteiger partial charge in [0, 0.05) is 16.1 Å². The summed E-state index contributed by atoms with van der Waals surface area (Å²) in [5.41, 5.74) is 4.10. The molecule has 0 saturated carbocycles. The van der Waals surface area contributed by atoms with Gasteiger partial charge in [0.25, 0.3) is 0 Å². The molecule has 1 aromatic carbocycles. The highest BCUT2D eigenvalue weighted by Crippen LogP contribution is 2.33. The van der Waals surface area contributed by atoms with Gasteiger partial charge in [-0.3, -0.25) is 10.2 Å². The second-order valence-electron chi connectivity index (χ2n) is 4.11. The Morgan fingerprint density at radius 1 is 1.50 bits per heavy atom. The monoisotopic (exact) mass is 328 g/mol. The molecule has 4 N–H and O–H groups in total. The highest BCUT2D eigenvalue weighted by Gasteiger charge is 2.11. The number of nitrogens with zero attached hydrogens (tertiary/aromatic N) is 1. The number of carbonyl (C=O) groups excluding carboxylic acids is 1. The molecule has 1 amide bonds. The minimum absolute atomic E-state index is 0.0112. The van der Waals surface area contributed by atoms with E-state index in [-0.39, 0.29) is 11.8 Å². The molecule has 0 atom stereocenters. The molecule has 2 aromatic rings. The molecule has 1 heterocycles. The topological polar surface area (TPSA) is 80.0 Å². The lowest BCUT2D eigenvalue weighted by atomic mass is 10.2. The second kappa shape index (κ2) is 5.21. The van der Waals surface area contributed by atoms with Gasteiger partial charge in [-0.15, -0.1) is 0 Å². The van der Waals surface area contributed by atoms with Crippen LogP contribution in [-0.4, -0.2) is 10.9 Å². The van der Waals surface area contributed by atoms with Crippen molar-refractivity contribution in [3.8, 4) is 0 Å². The first-order valence-electron chi connectivity index (χ1n) is 5.39. The van der Waals surface area contributed by atoms with Crippen molar-refractivity contribution >= 4 is 54.2 Å². The molecule has 0 fully saturated rings. The Kier molecular flexibility index (Phi) is 3.84. The maximum atomic E-state index is 11.7. The fraction of sp³-hybridized carbons (Fsp3) is 0.273. The summed E-state index contributed by atoms with van der Waals surface area (Å²) in [7, 11) is 0. The molecule has 7 heteroatoms. The first-order chi connectivity index (χ1) is 8.51. The van der Waals surface area contributed by atoms with Gasteiger partial charge in [0.15, 0.2) is 5.13 Å². The van der Waals surface area contributed by atoms with Crippen LogP contribution in [0.4, 0.5) is 10.8 Å². The van der Waals surface area contributed by atoms with E-state index in [0.29, 0.717) is 5.13 Å². The van der Waals surface area contributed by atoms with Gasteiger partial charge < -0.3 is 5.32 Å². The first kappa shape index (κ1) is 13.3. The Bertz CT molecular complexity index is 596. The Morgan fingerprint density at radius 2 is 2.22 bits per heavy atom. The highest BCUT2D eigenvalue weighted by molar-refractivity contribution is 9.10. The van der Waals surface area contributed by atoms with Crippen LogP contribution in [0, 0.1) is 5.92 Å². The number of nitrogens with two attached hydrogens (primary N) is 1. The number of nitrogens with one attached hydrogen (secondary N) is 2. The van der Waals surface area contributed by atoms with E-state index in [1.54, 1.807) is 0 Å². The van der Waals surface area contributed by atoms with Gasteiger partial charge in [0.05, 0.1) is 10.2 Å².